The Balaban J connectivity index is 2.68. The summed E-state index contributed by atoms with van der Waals surface area (Å²) in [5.74, 6) is 0. The van der Waals surface area contributed by atoms with E-state index in [-0.39, 0.29) is 5.72 Å². The fourth-order valence-electron chi connectivity index (χ4n) is 1.06. The SMILES string of the molecule is CC1(C)OCCN1C(=S)S. The van der Waals surface area contributed by atoms with Crippen molar-refractivity contribution < 1.29 is 4.74 Å². The largest absolute Gasteiger partial charge is 0.354 e. The van der Waals surface area contributed by atoms with Crippen molar-refractivity contribution in [2.24, 2.45) is 0 Å². The first kappa shape index (κ1) is 8.30. The van der Waals surface area contributed by atoms with Gasteiger partial charge in [-0.15, -0.1) is 12.6 Å². The molecule has 1 rings (SSSR count). The molecule has 1 saturated heterocycles. The summed E-state index contributed by atoms with van der Waals surface area (Å²) in [5.41, 5.74) is -0.251. The van der Waals surface area contributed by atoms with Crippen molar-refractivity contribution in [2.75, 3.05) is 13.2 Å². The summed E-state index contributed by atoms with van der Waals surface area (Å²) in [5, 5.41) is 0. The fourth-order valence-corrected chi connectivity index (χ4v) is 1.71. The van der Waals surface area contributed by atoms with Gasteiger partial charge in [-0.05, 0) is 13.8 Å². The minimum absolute atomic E-state index is 0.251. The quantitative estimate of drug-likeness (QED) is 0.442. The predicted octanol–water partition coefficient (Wildman–Crippen LogP) is 1.27. The second-order valence-corrected chi connectivity index (χ2v) is 3.84. The molecule has 1 aliphatic rings. The van der Waals surface area contributed by atoms with Crippen LogP contribution in [-0.4, -0.2) is 28.1 Å². The summed E-state index contributed by atoms with van der Waals surface area (Å²) >= 11 is 9.00. The van der Waals surface area contributed by atoms with E-state index in [9.17, 15) is 0 Å². The smallest absolute Gasteiger partial charge is 0.136 e. The van der Waals surface area contributed by atoms with Gasteiger partial charge < -0.3 is 9.64 Å². The van der Waals surface area contributed by atoms with Gasteiger partial charge in [-0.2, -0.15) is 0 Å². The lowest BCUT2D eigenvalue weighted by Gasteiger charge is -2.29. The molecule has 0 aromatic carbocycles. The summed E-state index contributed by atoms with van der Waals surface area (Å²) in [6, 6.07) is 0. The third-order valence-electron chi connectivity index (χ3n) is 1.65. The van der Waals surface area contributed by atoms with Crippen LogP contribution in [0.4, 0.5) is 0 Å². The number of rotatable bonds is 0. The number of hydrogen-bond acceptors (Lipinski definition) is 2. The van der Waals surface area contributed by atoms with Crippen molar-refractivity contribution in [3.05, 3.63) is 0 Å². The molecule has 0 aromatic heterocycles. The van der Waals surface area contributed by atoms with E-state index in [1.165, 1.54) is 0 Å². The van der Waals surface area contributed by atoms with Crippen molar-refractivity contribution in [1.29, 1.82) is 0 Å². The first-order valence-electron chi connectivity index (χ1n) is 3.18. The van der Waals surface area contributed by atoms with Crippen LogP contribution in [0.2, 0.25) is 0 Å². The highest BCUT2D eigenvalue weighted by molar-refractivity contribution is 8.10. The second-order valence-electron chi connectivity index (χ2n) is 2.73. The molecule has 0 N–H and O–H groups in total. The van der Waals surface area contributed by atoms with Crippen molar-refractivity contribution >= 4 is 29.2 Å². The standard InChI is InChI=1S/C6H11NOS2/c1-6(2)7(5(9)10)3-4-8-6/h3-4H2,1-2H3,(H,9,10). The van der Waals surface area contributed by atoms with Crippen LogP contribution >= 0.6 is 24.8 Å². The fraction of sp³-hybridized carbons (Fsp3) is 0.833. The summed E-state index contributed by atoms with van der Waals surface area (Å²) in [4.78, 5) is 1.96. The van der Waals surface area contributed by atoms with Gasteiger partial charge in [-0.3, -0.25) is 0 Å². The van der Waals surface area contributed by atoms with E-state index >= 15 is 0 Å². The Labute approximate surface area is 71.9 Å². The lowest BCUT2D eigenvalue weighted by Crippen LogP contribution is -2.40. The zero-order valence-electron chi connectivity index (χ0n) is 6.13. The Morgan fingerprint density at radius 3 is 2.50 bits per heavy atom. The van der Waals surface area contributed by atoms with Gasteiger partial charge in [0.25, 0.3) is 0 Å². The third-order valence-corrected chi connectivity index (χ3v) is 2.11. The summed E-state index contributed by atoms with van der Waals surface area (Å²) in [6.07, 6.45) is 0. The number of nitrogens with zero attached hydrogens (tertiary/aromatic N) is 1. The van der Waals surface area contributed by atoms with Gasteiger partial charge in [-0.25, -0.2) is 0 Å². The van der Waals surface area contributed by atoms with E-state index < -0.39 is 0 Å². The monoisotopic (exact) mass is 177 g/mol. The number of thiocarbonyl (C=S) groups is 1. The van der Waals surface area contributed by atoms with Crippen LogP contribution in [0.5, 0.6) is 0 Å². The van der Waals surface area contributed by atoms with Gasteiger partial charge >= 0.3 is 0 Å². The van der Waals surface area contributed by atoms with Crippen LogP contribution in [0.15, 0.2) is 0 Å². The maximum atomic E-state index is 5.40. The molecule has 1 aliphatic heterocycles. The van der Waals surface area contributed by atoms with Crippen molar-refractivity contribution in [3.8, 4) is 0 Å². The van der Waals surface area contributed by atoms with Gasteiger partial charge in [0.15, 0.2) is 0 Å². The maximum Gasteiger partial charge on any atom is 0.136 e. The summed E-state index contributed by atoms with van der Waals surface area (Å²) in [7, 11) is 0. The molecule has 0 saturated carbocycles. The zero-order valence-corrected chi connectivity index (χ0v) is 7.84. The van der Waals surface area contributed by atoms with E-state index in [0.29, 0.717) is 4.32 Å². The third kappa shape index (κ3) is 1.44. The van der Waals surface area contributed by atoms with Crippen LogP contribution in [0, 0.1) is 0 Å². The second kappa shape index (κ2) is 2.68. The zero-order chi connectivity index (χ0) is 7.78. The normalized spacial score (nSPS) is 23.3. The summed E-state index contributed by atoms with van der Waals surface area (Å²) < 4.78 is 6.02. The maximum absolute atomic E-state index is 5.40. The Kier molecular flexibility index (Phi) is 2.22. The highest BCUT2D eigenvalue weighted by Gasteiger charge is 2.33. The molecule has 2 nitrogen and oxygen atoms in total. The molecule has 0 atom stereocenters. The molecule has 58 valence electrons. The molecule has 10 heavy (non-hydrogen) atoms. The van der Waals surface area contributed by atoms with E-state index in [2.05, 4.69) is 12.6 Å². The number of thiol groups is 1. The Morgan fingerprint density at radius 2 is 2.30 bits per heavy atom. The summed E-state index contributed by atoms with van der Waals surface area (Å²) in [6.45, 7) is 5.58. The van der Waals surface area contributed by atoms with Gasteiger partial charge in [-0.1, -0.05) is 12.2 Å². The van der Waals surface area contributed by atoms with Crippen LogP contribution in [0.3, 0.4) is 0 Å². The molecular formula is C6H11NOS2. The van der Waals surface area contributed by atoms with Crippen LogP contribution in [0.1, 0.15) is 13.8 Å². The van der Waals surface area contributed by atoms with E-state index in [4.69, 9.17) is 17.0 Å². The molecular weight excluding hydrogens is 166 g/mol. The van der Waals surface area contributed by atoms with Crippen molar-refractivity contribution in [3.63, 3.8) is 0 Å². The molecule has 4 heteroatoms. The van der Waals surface area contributed by atoms with Crippen LogP contribution < -0.4 is 0 Å². The van der Waals surface area contributed by atoms with Gasteiger partial charge in [0.2, 0.25) is 0 Å². The molecule has 0 spiro atoms. The Bertz CT molecular complexity index is 158. The van der Waals surface area contributed by atoms with Gasteiger partial charge in [0, 0.05) is 6.54 Å². The molecule has 0 radical (unpaired) electrons. The van der Waals surface area contributed by atoms with Gasteiger partial charge in [0.1, 0.15) is 10.0 Å². The molecule has 0 bridgehead atoms. The number of ether oxygens (including phenoxy) is 1. The van der Waals surface area contributed by atoms with E-state index in [0.717, 1.165) is 13.2 Å². The predicted molar refractivity (Wildman–Crippen MR) is 48.3 cm³/mol. The minimum Gasteiger partial charge on any atom is -0.354 e. The molecule has 0 aliphatic carbocycles. The van der Waals surface area contributed by atoms with E-state index in [1.54, 1.807) is 0 Å². The molecule has 1 heterocycles. The van der Waals surface area contributed by atoms with Crippen LogP contribution in [0.25, 0.3) is 0 Å². The minimum atomic E-state index is -0.251. The van der Waals surface area contributed by atoms with Crippen molar-refractivity contribution in [1.82, 2.24) is 4.90 Å². The topological polar surface area (TPSA) is 12.5 Å². The van der Waals surface area contributed by atoms with E-state index in [1.807, 2.05) is 18.7 Å². The van der Waals surface area contributed by atoms with Crippen molar-refractivity contribution in [2.45, 2.75) is 19.6 Å². The lowest BCUT2D eigenvalue weighted by atomic mass is 10.3. The van der Waals surface area contributed by atoms with Gasteiger partial charge in [0.05, 0.1) is 6.61 Å². The Hall–Kier alpha value is 0.200. The molecule has 0 aromatic rings. The average molecular weight is 177 g/mol. The first-order valence-corrected chi connectivity index (χ1v) is 4.04. The molecule has 1 fully saturated rings. The van der Waals surface area contributed by atoms with Crippen LogP contribution in [-0.2, 0) is 4.74 Å². The Morgan fingerprint density at radius 1 is 1.70 bits per heavy atom. The highest BCUT2D eigenvalue weighted by Crippen LogP contribution is 2.23. The molecule has 0 amide bonds. The highest BCUT2D eigenvalue weighted by atomic mass is 32.1. The average Bonchev–Trinajstić information content (AvgIpc) is 2.08. The lowest BCUT2D eigenvalue weighted by molar-refractivity contribution is -0.0186. The first-order chi connectivity index (χ1) is 4.54. The number of hydrogen-bond donors (Lipinski definition) is 1. The molecule has 0 unspecified atom stereocenters.